The van der Waals surface area contributed by atoms with Crippen molar-refractivity contribution >= 4 is 9.84 Å². The van der Waals surface area contributed by atoms with Crippen molar-refractivity contribution in [3.63, 3.8) is 0 Å². The quantitative estimate of drug-likeness (QED) is 0.789. The van der Waals surface area contributed by atoms with Crippen molar-refractivity contribution in [1.29, 1.82) is 0 Å². The molecule has 0 aliphatic heterocycles. The lowest BCUT2D eigenvalue weighted by Gasteiger charge is -2.19. The number of hydrogen-bond donors (Lipinski definition) is 1. The lowest BCUT2D eigenvalue weighted by Crippen LogP contribution is -2.33. The van der Waals surface area contributed by atoms with Crippen LogP contribution in [0.1, 0.15) is 18.9 Å². The molecule has 0 spiro atoms. The van der Waals surface area contributed by atoms with E-state index >= 15 is 0 Å². The third-order valence-corrected chi connectivity index (χ3v) is 3.97. The number of sulfone groups is 1. The summed E-state index contributed by atoms with van der Waals surface area (Å²) >= 11 is 0. The molecule has 1 aromatic carbocycles. The van der Waals surface area contributed by atoms with Crippen LogP contribution in [0.5, 0.6) is 5.75 Å². The third-order valence-electron chi connectivity index (χ3n) is 2.99. The number of likely N-dealkylation sites (N-methyl/N-ethyl adjacent to an activating group) is 1. The Hall–Kier alpha value is -1.07. The van der Waals surface area contributed by atoms with Gasteiger partial charge < -0.3 is 10.1 Å². The normalized spacial score (nSPS) is 13.2. The first-order chi connectivity index (χ1) is 8.96. The standard InChI is InChI=1S/C14H23NO3S/c1-4-15-13(9-10-19(3,16)17)11-12-7-5-6-8-14(12)18-2/h5-8,13,15H,4,9-11H2,1-3H3. The van der Waals surface area contributed by atoms with Crippen LogP contribution in [0.4, 0.5) is 0 Å². The van der Waals surface area contributed by atoms with E-state index < -0.39 is 9.84 Å². The van der Waals surface area contributed by atoms with Crippen molar-refractivity contribution in [2.24, 2.45) is 0 Å². The smallest absolute Gasteiger partial charge is 0.147 e. The molecule has 0 aliphatic carbocycles. The molecule has 1 rings (SSSR count). The van der Waals surface area contributed by atoms with E-state index in [4.69, 9.17) is 4.74 Å². The predicted octanol–water partition coefficient (Wildman–Crippen LogP) is 1.65. The molecule has 1 aromatic rings. The number of benzene rings is 1. The van der Waals surface area contributed by atoms with Gasteiger partial charge in [-0.25, -0.2) is 8.42 Å². The molecule has 0 bridgehead atoms. The van der Waals surface area contributed by atoms with Crippen molar-refractivity contribution in [2.75, 3.05) is 25.7 Å². The van der Waals surface area contributed by atoms with Crippen LogP contribution in [0, 0.1) is 0 Å². The fraction of sp³-hybridized carbons (Fsp3) is 0.571. The average molecular weight is 285 g/mol. The van der Waals surface area contributed by atoms with Gasteiger partial charge in [-0.15, -0.1) is 0 Å². The largest absolute Gasteiger partial charge is 0.496 e. The summed E-state index contributed by atoms with van der Waals surface area (Å²) in [4.78, 5) is 0. The summed E-state index contributed by atoms with van der Waals surface area (Å²) < 4.78 is 27.8. The molecule has 0 saturated carbocycles. The first-order valence-corrected chi connectivity index (χ1v) is 8.55. The van der Waals surface area contributed by atoms with E-state index in [0.29, 0.717) is 6.42 Å². The van der Waals surface area contributed by atoms with E-state index in [9.17, 15) is 8.42 Å². The van der Waals surface area contributed by atoms with E-state index in [0.717, 1.165) is 24.3 Å². The monoisotopic (exact) mass is 285 g/mol. The lowest BCUT2D eigenvalue weighted by atomic mass is 10.0. The van der Waals surface area contributed by atoms with Gasteiger partial charge >= 0.3 is 0 Å². The van der Waals surface area contributed by atoms with Crippen molar-refractivity contribution in [3.05, 3.63) is 29.8 Å². The summed E-state index contributed by atoms with van der Waals surface area (Å²) in [6.45, 7) is 2.85. The zero-order valence-electron chi connectivity index (χ0n) is 11.8. The second-order valence-electron chi connectivity index (χ2n) is 4.69. The van der Waals surface area contributed by atoms with Crippen LogP contribution in [0.25, 0.3) is 0 Å². The highest BCUT2D eigenvalue weighted by Crippen LogP contribution is 2.19. The van der Waals surface area contributed by atoms with Gasteiger partial charge in [-0.2, -0.15) is 0 Å². The highest BCUT2D eigenvalue weighted by molar-refractivity contribution is 7.90. The SMILES string of the molecule is CCNC(CCS(C)(=O)=O)Cc1ccccc1OC. The molecule has 1 atom stereocenters. The molecule has 1 unspecified atom stereocenters. The van der Waals surface area contributed by atoms with Gasteiger partial charge in [0.1, 0.15) is 15.6 Å². The average Bonchev–Trinajstić information content (AvgIpc) is 2.36. The Balaban J connectivity index is 2.72. The molecule has 0 amide bonds. The summed E-state index contributed by atoms with van der Waals surface area (Å²) in [5, 5.41) is 3.33. The van der Waals surface area contributed by atoms with Gasteiger partial charge in [0, 0.05) is 12.3 Å². The fourth-order valence-corrected chi connectivity index (χ4v) is 2.77. The molecule has 0 aromatic heterocycles. The van der Waals surface area contributed by atoms with E-state index in [1.165, 1.54) is 6.26 Å². The van der Waals surface area contributed by atoms with Crippen LogP contribution in [-0.4, -0.2) is 40.1 Å². The van der Waals surface area contributed by atoms with Gasteiger partial charge in [0.05, 0.1) is 12.9 Å². The second-order valence-corrected chi connectivity index (χ2v) is 6.95. The third kappa shape index (κ3) is 6.07. The summed E-state index contributed by atoms with van der Waals surface area (Å²) in [5.74, 6) is 1.06. The minimum absolute atomic E-state index is 0.149. The first kappa shape index (κ1) is 16.0. The number of methoxy groups -OCH3 is 1. The summed E-state index contributed by atoms with van der Waals surface area (Å²) in [6, 6.07) is 7.99. The van der Waals surface area contributed by atoms with E-state index in [2.05, 4.69) is 5.32 Å². The van der Waals surface area contributed by atoms with Gasteiger partial charge in [0.2, 0.25) is 0 Å². The molecule has 1 N–H and O–H groups in total. The Morgan fingerprint density at radius 1 is 1.32 bits per heavy atom. The number of rotatable bonds is 8. The Morgan fingerprint density at radius 2 is 2.00 bits per heavy atom. The lowest BCUT2D eigenvalue weighted by molar-refractivity contribution is 0.404. The highest BCUT2D eigenvalue weighted by atomic mass is 32.2. The zero-order valence-corrected chi connectivity index (χ0v) is 12.7. The highest BCUT2D eigenvalue weighted by Gasteiger charge is 2.14. The van der Waals surface area contributed by atoms with Crippen LogP contribution in [-0.2, 0) is 16.3 Å². The molecule has 108 valence electrons. The molecule has 0 aliphatic rings. The Bertz CT molecular complexity index is 485. The fourth-order valence-electron chi connectivity index (χ4n) is 2.06. The molecule has 0 saturated heterocycles. The molecule has 4 nitrogen and oxygen atoms in total. The van der Waals surface area contributed by atoms with E-state index in [-0.39, 0.29) is 11.8 Å². The molecular weight excluding hydrogens is 262 g/mol. The van der Waals surface area contributed by atoms with Gasteiger partial charge in [0.15, 0.2) is 0 Å². The van der Waals surface area contributed by atoms with Crippen molar-refractivity contribution < 1.29 is 13.2 Å². The number of hydrogen-bond acceptors (Lipinski definition) is 4. The first-order valence-electron chi connectivity index (χ1n) is 6.49. The van der Waals surface area contributed by atoms with Gasteiger partial charge in [-0.1, -0.05) is 25.1 Å². The molecule has 19 heavy (non-hydrogen) atoms. The van der Waals surface area contributed by atoms with E-state index in [1.54, 1.807) is 7.11 Å². The molecule has 0 radical (unpaired) electrons. The van der Waals surface area contributed by atoms with Crippen LogP contribution in [0.3, 0.4) is 0 Å². The van der Waals surface area contributed by atoms with Crippen molar-refractivity contribution in [2.45, 2.75) is 25.8 Å². The maximum atomic E-state index is 11.3. The number of para-hydroxylation sites is 1. The molecule has 5 heteroatoms. The Morgan fingerprint density at radius 3 is 2.58 bits per heavy atom. The van der Waals surface area contributed by atoms with Crippen molar-refractivity contribution in [3.8, 4) is 5.75 Å². The van der Waals surface area contributed by atoms with Gasteiger partial charge in [-0.05, 0) is 31.0 Å². The Labute approximate surface area is 116 Å². The second kappa shape index (κ2) is 7.50. The summed E-state index contributed by atoms with van der Waals surface area (Å²) in [6.07, 6.45) is 2.66. The van der Waals surface area contributed by atoms with Gasteiger partial charge in [-0.3, -0.25) is 0 Å². The maximum Gasteiger partial charge on any atom is 0.147 e. The zero-order chi connectivity index (χ0) is 14.3. The summed E-state index contributed by atoms with van der Waals surface area (Å²) in [5.41, 5.74) is 1.10. The minimum atomic E-state index is -2.92. The summed E-state index contributed by atoms with van der Waals surface area (Å²) in [7, 11) is -1.27. The van der Waals surface area contributed by atoms with Crippen LogP contribution in [0.2, 0.25) is 0 Å². The van der Waals surface area contributed by atoms with Crippen LogP contribution in [0.15, 0.2) is 24.3 Å². The van der Waals surface area contributed by atoms with E-state index in [1.807, 2.05) is 31.2 Å². The van der Waals surface area contributed by atoms with Crippen LogP contribution < -0.4 is 10.1 Å². The van der Waals surface area contributed by atoms with Crippen molar-refractivity contribution in [1.82, 2.24) is 5.32 Å². The molecule has 0 fully saturated rings. The Kier molecular flexibility index (Phi) is 6.31. The predicted molar refractivity (Wildman–Crippen MR) is 78.5 cm³/mol. The van der Waals surface area contributed by atoms with Crippen LogP contribution >= 0.6 is 0 Å². The number of nitrogens with one attached hydrogen (secondary N) is 1. The minimum Gasteiger partial charge on any atom is -0.496 e. The van der Waals surface area contributed by atoms with Gasteiger partial charge in [0.25, 0.3) is 0 Å². The molecular formula is C14H23NO3S. The topological polar surface area (TPSA) is 55.4 Å². The molecule has 0 heterocycles. The number of ether oxygens (including phenoxy) is 1. The maximum absolute atomic E-state index is 11.3.